The highest BCUT2D eigenvalue weighted by Gasteiger charge is 2.31. The summed E-state index contributed by atoms with van der Waals surface area (Å²) in [6.45, 7) is -0.710. The van der Waals surface area contributed by atoms with Crippen LogP contribution < -0.4 is 5.73 Å². The van der Waals surface area contributed by atoms with Crippen molar-refractivity contribution in [1.29, 1.82) is 0 Å². The van der Waals surface area contributed by atoms with Crippen molar-refractivity contribution in [2.24, 2.45) is 5.73 Å². The zero-order valence-electron chi connectivity index (χ0n) is 5.67. The number of halogens is 2. The molecule has 1 unspecified atom stereocenters. The predicted molar refractivity (Wildman–Crippen MR) is 31.6 cm³/mol. The molecule has 0 saturated carbocycles. The number of nitrogens with zero attached hydrogens (tertiary/aromatic N) is 1. The van der Waals surface area contributed by atoms with Crippen molar-refractivity contribution in [2.75, 3.05) is 13.2 Å². The van der Waals surface area contributed by atoms with Crippen LogP contribution in [0, 0.1) is 0 Å². The molecule has 6 heteroatoms. The first-order chi connectivity index (χ1) is 5.11. The van der Waals surface area contributed by atoms with Crippen molar-refractivity contribution in [2.45, 2.75) is 12.5 Å². The molecule has 0 aromatic carbocycles. The molecule has 0 aromatic rings. The van der Waals surface area contributed by atoms with Crippen LogP contribution in [0.5, 0.6) is 0 Å². The molecule has 1 heterocycles. The SMILES string of the molecule is NC1CON(CC(F)F)C1=O. The van der Waals surface area contributed by atoms with Crippen LogP contribution >= 0.6 is 0 Å². The molecular weight excluding hydrogens is 158 g/mol. The van der Waals surface area contributed by atoms with Gasteiger partial charge in [-0.1, -0.05) is 0 Å². The number of nitrogens with two attached hydrogens (primary N) is 1. The molecule has 1 aliphatic heterocycles. The van der Waals surface area contributed by atoms with E-state index in [-0.39, 0.29) is 6.61 Å². The van der Waals surface area contributed by atoms with E-state index in [0.29, 0.717) is 5.06 Å². The molecule has 0 aromatic heterocycles. The fraction of sp³-hybridized carbons (Fsp3) is 0.800. The van der Waals surface area contributed by atoms with Crippen LogP contribution in [0.2, 0.25) is 0 Å². The zero-order chi connectivity index (χ0) is 8.43. The summed E-state index contributed by atoms with van der Waals surface area (Å²) >= 11 is 0. The monoisotopic (exact) mass is 166 g/mol. The molecule has 4 nitrogen and oxygen atoms in total. The summed E-state index contributed by atoms with van der Waals surface area (Å²) in [4.78, 5) is 15.4. The van der Waals surface area contributed by atoms with Gasteiger partial charge in [0.25, 0.3) is 12.3 Å². The Kier molecular flexibility index (Phi) is 2.35. The Morgan fingerprint density at radius 3 is 2.82 bits per heavy atom. The van der Waals surface area contributed by atoms with E-state index in [1.54, 1.807) is 0 Å². The summed E-state index contributed by atoms with van der Waals surface area (Å²) in [5, 5.41) is 0.606. The lowest BCUT2D eigenvalue weighted by Gasteiger charge is -2.12. The molecule has 1 atom stereocenters. The first-order valence-corrected chi connectivity index (χ1v) is 3.09. The summed E-state index contributed by atoms with van der Waals surface area (Å²) in [6.07, 6.45) is -2.58. The Hall–Kier alpha value is -0.750. The lowest BCUT2D eigenvalue weighted by atomic mass is 10.3. The molecular formula is C5H8F2N2O2. The second-order valence-corrected chi connectivity index (χ2v) is 2.19. The standard InChI is InChI=1S/C5H8F2N2O2/c6-4(7)1-9-5(10)3(8)2-11-9/h3-4H,1-2,8H2. The Morgan fingerprint density at radius 2 is 2.45 bits per heavy atom. The van der Waals surface area contributed by atoms with Gasteiger partial charge >= 0.3 is 0 Å². The van der Waals surface area contributed by atoms with Crippen molar-refractivity contribution >= 4 is 5.91 Å². The number of hydrogen-bond donors (Lipinski definition) is 1. The molecule has 1 amide bonds. The van der Waals surface area contributed by atoms with Gasteiger partial charge in [-0.3, -0.25) is 9.63 Å². The first-order valence-electron chi connectivity index (χ1n) is 3.09. The van der Waals surface area contributed by atoms with E-state index in [9.17, 15) is 13.6 Å². The normalized spacial score (nSPS) is 25.3. The van der Waals surface area contributed by atoms with Crippen molar-refractivity contribution < 1.29 is 18.4 Å². The van der Waals surface area contributed by atoms with Gasteiger partial charge in [0.05, 0.1) is 6.61 Å². The maximum Gasteiger partial charge on any atom is 0.265 e. The molecule has 0 spiro atoms. The highest BCUT2D eigenvalue weighted by molar-refractivity contribution is 5.82. The number of hydrogen-bond acceptors (Lipinski definition) is 3. The third-order valence-corrected chi connectivity index (χ3v) is 1.28. The fourth-order valence-electron chi connectivity index (χ4n) is 0.758. The molecule has 1 rings (SSSR count). The van der Waals surface area contributed by atoms with Crippen LogP contribution in [0.1, 0.15) is 0 Å². The van der Waals surface area contributed by atoms with Crippen molar-refractivity contribution in [1.82, 2.24) is 5.06 Å². The number of carbonyl (C=O) groups is 1. The lowest BCUT2D eigenvalue weighted by molar-refractivity contribution is -0.169. The average molecular weight is 166 g/mol. The molecule has 1 aliphatic rings. The summed E-state index contributed by atoms with van der Waals surface area (Å²) < 4.78 is 23.3. The van der Waals surface area contributed by atoms with E-state index in [4.69, 9.17) is 5.73 Å². The molecule has 0 radical (unpaired) electrons. The maximum atomic E-state index is 11.7. The summed E-state index contributed by atoms with van der Waals surface area (Å²) in [5.41, 5.74) is 5.18. The Bertz CT molecular complexity index is 165. The molecule has 64 valence electrons. The molecule has 2 N–H and O–H groups in total. The number of rotatable bonds is 2. The molecule has 1 fully saturated rings. The van der Waals surface area contributed by atoms with E-state index in [0.717, 1.165) is 0 Å². The molecule has 0 bridgehead atoms. The smallest absolute Gasteiger partial charge is 0.265 e. The minimum absolute atomic E-state index is 0.00838. The maximum absolute atomic E-state index is 11.7. The Morgan fingerprint density at radius 1 is 1.82 bits per heavy atom. The number of alkyl halides is 2. The Labute approximate surface area is 61.9 Å². The van der Waals surface area contributed by atoms with Gasteiger partial charge in [-0.2, -0.15) is 0 Å². The van der Waals surface area contributed by atoms with Crippen LogP contribution in [0.25, 0.3) is 0 Å². The third-order valence-electron chi connectivity index (χ3n) is 1.28. The van der Waals surface area contributed by atoms with Crippen molar-refractivity contribution in [3.8, 4) is 0 Å². The fourth-order valence-corrected chi connectivity index (χ4v) is 0.758. The summed E-state index contributed by atoms with van der Waals surface area (Å²) in [7, 11) is 0. The molecule has 0 aliphatic carbocycles. The highest BCUT2D eigenvalue weighted by Crippen LogP contribution is 2.08. The van der Waals surface area contributed by atoms with Crippen LogP contribution in [0.4, 0.5) is 8.78 Å². The molecule has 11 heavy (non-hydrogen) atoms. The van der Waals surface area contributed by atoms with E-state index < -0.39 is 24.9 Å². The zero-order valence-corrected chi connectivity index (χ0v) is 5.67. The third kappa shape index (κ3) is 1.84. The van der Waals surface area contributed by atoms with Crippen molar-refractivity contribution in [3.05, 3.63) is 0 Å². The Balaban J connectivity index is 2.42. The largest absolute Gasteiger partial charge is 0.318 e. The number of carbonyl (C=O) groups excluding carboxylic acids is 1. The summed E-state index contributed by atoms with van der Waals surface area (Å²) in [6, 6.07) is -0.784. The van der Waals surface area contributed by atoms with Gasteiger partial charge in [0.15, 0.2) is 0 Å². The van der Waals surface area contributed by atoms with Crippen LogP contribution in [0.15, 0.2) is 0 Å². The van der Waals surface area contributed by atoms with Gasteiger partial charge in [-0.25, -0.2) is 13.8 Å². The van der Waals surface area contributed by atoms with E-state index >= 15 is 0 Å². The van der Waals surface area contributed by atoms with E-state index in [2.05, 4.69) is 4.84 Å². The van der Waals surface area contributed by atoms with Gasteiger partial charge in [-0.15, -0.1) is 0 Å². The second-order valence-electron chi connectivity index (χ2n) is 2.19. The van der Waals surface area contributed by atoms with Gasteiger partial charge < -0.3 is 5.73 Å². The van der Waals surface area contributed by atoms with Crippen molar-refractivity contribution in [3.63, 3.8) is 0 Å². The summed E-state index contributed by atoms with van der Waals surface area (Å²) in [5.74, 6) is -0.578. The number of hydroxylamine groups is 2. The van der Waals surface area contributed by atoms with Crippen LogP contribution in [0.3, 0.4) is 0 Å². The van der Waals surface area contributed by atoms with Crippen LogP contribution in [-0.2, 0) is 9.63 Å². The first kappa shape index (κ1) is 8.35. The minimum atomic E-state index is -2.58. The van der Waals surface area contributed by atoms with Crippen LogP contribution in [-0.4, -0.2) is 36.6 Å². The van der Waals surface area contributed by atoms with E-state index in [1.165, 1.54) is 0 Å². The van der Waals surface area contributed by atoms with Gasteiger partial charge in [0, 0.05) is 0 Å². The minimum Gasteiger partial charge on any atom is -0.318 e. The average Bonchev–Trinajstić information content (AvgIpc) is 2.18. The lowest BCUT2D eigenvalue weighted by Crippen LogP contribution is -2.36. The second kappa shape index (κ2) is 3.10. The predicted octanol–water partition coefficient (Wildman–Crippen LogP) is -0.647. The topological polar surface area (TPSA) is 55.6 Å². The van der Waals surface area contributed by atoms with Gasteiger partial charge in [0.1, 0.15) is 12.6 Å². The quantitative estimate of drug-likeness (QED) is 0.593. The molecule has 1 saturated heterocycles. The van der Waals surface area contributed by atoms with E-state index in [1.807, 2.05) is 0 Å². The number of amides is 1. The van der Waals surface area contributed by atoms with Gasteiger partial charge in [0.2, 0.25) is 0 Å². The highest BCUT2D eigenvalue weighted by atomic mass is 19.3. The van der Waals surface area contributed by atoms with Gasteiger partial charge in [-0.05, 0) is 0 Å².